The zero-order valence-corrected chi connectivity index (χ0v) is 16.3. The molecule has 1 aromatic carbocycles. The van der Waals surface area contributed by atoms with Gasteiger partial charge in [0.15, 0.2) is 6.10 Å². The van der Waals surface area contributed by atoms with Gasteiger partial charge < -0.3 is 4.74 Å². The number of Topliss-reactive ketones (excluding diaryl/α,β-unsaturated/α-hetero) is 1. The molecule has 0 aliphatic heterocycles. The lowest BCUT2D eigenvalue weighted by atomic mass is 10.0. The van der Waals surface area contributed by atoms with Crippen LogP contribution in [0.2, 0.25) is 0 Å². The number of carbonyl (C=O) groups excluding carboxylic acids is 2. The molecule has 0 fully saturated rings. The van der Waals surface area contributed by atoms with Crippen molar-refractivity contribution in [2.24, 2.45) is 0 Å². The number of benzene rings is 1. The second-order valence-corrected chi connectivity index (χ2v) is 7.86. The van der Waals surface area contributed by atoms with Crippen molar-refractivity contribution in [3.8, 4) is 0 Å². The van der Waals surface area contributed by atoms with E-state index in [0.29, 0.717) is 15.8 Å². The number of aryl methyl sites for hydroxylation is 3. The number of hydrogen-bond acceptors (Lipinski definition) is 6. The first-order valence-electron chi connectivity index (χ1n) is 9.31. The number of rotatable bonds is 6. The summed E-state index contributed by atoms with van der Waals surface area (Å²) in [5, 5.41) is 2.35. The van der Waals surface area contributed by atoms with Crippen LogP contribution >= 0.6 is 11.3 Å². The van der Waals surface area contributed by atoms with Gasteiger partial charge in [-0.25, -0.2) is 4.98 Å². The molecule has 28 heavy (non-hydrogen) atoms. The molecule has 3 aromatic rings. The number of esters is 1. The molecule has 7 heteroatoms. The Morgan fingerprint density at radius 3 is 2.93 bits per heavy atom. The lowest BCUT2D eigenvalue weighted by molar-refractivity contribution is -0.146. The molecule has 2 heterocycles. The maximum Gasteiger partial charge on any atom is 0.308 e. The standard InChI is InChI=1S/C21H20N2O4S/c1-13(19(25)16-6-5-14-3-2-4-15(14)11-16)27-18(24)7-9-23-12-22-20-17(21(23)26)8-10-28-20/h5-6,8,10-13H,2-4,7,9H2,1H3. The Hall–Kier alpha value is -2.80. The van der Waals surface area contributed by atoms with Crippen LogP contribution in [0.25, 0.3) is 10.2 Å². The Balaban J connectivity index is 1.37. The molecule has 2 aromatic heterocycles. The predicted octanol–water partition coefficient (Wildman–Crippen LogP) is 3.15. The minimum Gasteiger partial charge on any atom is -0.454 e. The number of ether oxygens (including phenoxy) is 1. The van der Waals surface area contributed by atoms with E-state index in [0.717, 1.165) is 19.3 Å². The second kappa shape index (κ2) is 7.67. The van der Waals surface area contributed by atoms with E-state index >= 15 is 0 Å². The highest BCUT2D eigenvalue weighted by Crippen LogP contribution is 2.23. The van der Waals surface area contributed by atoms with Gasteiger partial charge in [0.2, 0.25) is 5.78 Å². The first-order valence-corrected chi connectivity index (χ1v) is 10.2. The molecule has 1 aliphatic rings. The lowest BCUT2D eigenvalue weighted by Crippen LogP contribution is -2.26. The number of carbonyl (C=O) groups is 2. The summed E-state index contributed by atoms with van der Waals surface area (Å²) in [4.78, 5) is 42.0. The SMILES string of the molecule is CC(OC(=O)CCn1cnc2sccc2c1=O)C(=O)c1ccc2c(c1)CCC2. The van der Waals surface area contributed by atoms with Crippen LogP contribution in [-0.2, 0) is 28.9 Å². The molecule has 144 valence electrons. The Bertz CT molecular complexity index is 1120. The van der Waals surface area contributed by atoms with Crippen molar-refractivity contribution in [1.29, 1.82) is 0 Å². The van der Waals surface area contributed by atoms with Crippen molar-refractivity contribution in [3.63, 3.8) is 0 Å². The quantitative estimate of drug-likeness (QED) is 0.472. The average Bonchev–Trinajstić information content (AvgIpc) is 3.35. The van der Waals surface area contributed by atoms with Crippen LogP contribution in [0.15, 0.2) is 40.8 Å². The molecule has 0 N–H and O–H groups in total. The summed E-state index contributed by atoms with van der Waals surface area (Å²) in [6.07, 6.45) is 3.73. The summed E-state index contributed by atoms with van der Waals surface area (Å²) in [6.45, 7) is 1.74. The van der Waals surface area contributed by atoms with Crippen LogP contribution in [0.5, 0.6) is 0 Å². The van der Waals surface area contributed by atoms with E-state index in [-0.39, 0.29) is 24.3 Å². The van der Waals surface area contributed by atoms with Crippen LogP contribution in [-0.4, -0.2) is 27.4 Å². The van der Waals surface area contributed by atoms with Gasteiger partial charge in [0.05, 0.1) is 18.1 Å². The monoisotopic (exact) mass is 396 g/mol. The van der Waals surface area contributed by atoms with E-state index in [9.17, 15) is 14.4 Å². The van der Waals surface area contributed by atoms with E-state index < -0.39 is 12.1 Å². The molecular formula is C21H20N2O4S. The fourth-order valence-electron chi connectivity index (χ4n) is 3.53. The first-order chi connectivity index (χ1) is 13.5. The number of ketones is 1. The molecule has 0 bridgehead atoms. The highest BCUT2D eigenvalue weighted by Gasteiger charge is 2.21. The van der Waals surface area contributed by atoms with E-state index in [1.54, 1.807) is 19.1 Å². The summed E-state index contributed by atoms with van der Waals surface area (Å²) in [6, 6.07) is 7.43. The van der Waals surface area contributed by atoms with E-state index in [1.165, 1.54) is 33.4 Å². The molecule has 0 saturated heterocycles. The molecule has 1 unspecified atom stereocenters. The first kappa shape index (κ1) is 18.6. The highest BCUT2D eigenvalue weighted by atomic mass is 32.1. The Morgan fingerprint density at radius 1 is 1.25 bits per heavy atom. The van der Waals surface area contributed by atoms with Crippen molar-refractivity contribution in [2.45, 2.75) is 45.3 Å². The number of fused-ring (bicyclic) bond motifs is 2. The fraction of sp³-hybridized carbons (Fsp3) is 0.333. The molecule has 6 nitrogen and oxygen atoms in total. The third-order valence-electron chi connectivity index (χ3n) is 5.07. The van der Waals surface area contributed by atoms with Gasteiger partial charge in [0.25, 0.3) is 5.56 Å². The normalized spacial score (nSPS) is 14.0. The molecular weight excluding hydrogens is 376 g/mol. The van der Waals surface area contributed by atoms with Crippen molar-refractivity contribution in [2.75, 3.05) is 0 Å². The van der Waals surface area contributed by atoms with Crippen molar-refractivity contribution in [1.82, 2.24) is 9.55 Å². The molecule has 1 atom stereocenters. The second-order valence-electron chi connectivity index (χ2n) is 6.97. The van der Waals surface area contributed by atoms with Gasteiger partial charge in [0, 0.05) is 12.1 Å². The molecule has 0 radical (unpaired) electrons. The Kier molecular flexibility index (Phi) is 5.09. The maximum atomic E-state index is 12.6. The minimum atomic E-state index is -0.860. The van der Waals surface area contributed by atoms with E-state index in [4.69, 9.17) is 4.74 Å². The molecule has 0 amide bonds. The molecule has 4 rings (SSSR count). The van der Waals surface area contributed by atoms with E-state index in [1.807, 2.05) is 17.5 Å². The van der Waals surface area contributed by atoms with Gasteiger partial charge in [-0.05, 0) is 54.8 Å². The largest absolute Gasteiger partial charge is 0.454 e. The van der Waals surface area contributed by atoms with Crippen molar-refractivity contribution >= 4 is 33.3 Å². The zero-order valence-electron chi connectivity index (χ0n) is 15.5. The maximum absolute atomic E-state index is 12.6. The predicted molar refractivity (Wildman–Crippen MR) is 107 cm³/mol. The summed E-state index contributed by atoms with van der Waals surface area (Å²) >= 11 is 1.40. The topological polar surface area (TPSA) is 78.3 Å². The minimum absolute atomic E-state index is 0.000954. The van der Waals surface area contributed by atoms with Crippen LogP contribution in [0.4, 0.5) is 0 Å². The highest BCUT2D eigenvalue weighted by molar-refractivity contribution is 7.16. The summed E-state index contributed by atoms with van der Waals surface area (Å²) < 4.78 is 6.69. The number of nitrogens with zero attached hydrogens (tertiary/aromatic N) is 2. The van der Waals surface area contributed by atoms with Gasteiger partial charge in [-0.2, -0.15) is 0 Å². The zero-order chi connectivity index (χ0) is 19.7. The third-order valence-corrected chi connectivity index (χ3v) is 5.89. The summed E-state index contributed by atoms with van der Waals surface area (Å²) in [7, 11) is 0. The third kappa shape index (κ3) is 3.62. The summed E-state index contributed by atoms with van der Waals surface area (Å²) in [5.41, 5.74) is 2.90. The van der Waals surface area contributed by atoms with Crippen LogP contribution in [0, 0.1) is 0 Å². The smallest absolute Gasteiger partial charge is 0.308 e. The number of aromatic nitrogens is 2. The van der Waals surface area contributed by atoms with Crippen molar-refractivity contribution in [3.05, 3.63) is 63.0 Å². The number of hydrogen-bond donors (Lipinski definition) is 0. The lowest BCUT2D eigenvalue weighted by Gasteiger charge is -2.13. The van der Waals surface area contributed by atoms with Gasteiger partial charge >= 0.3 is 5.97 Å². The molecule has 0 spiro atoms. The molecule has 1 aliphatic carbocycles. The number of thiophene rings is 1. The van der Waals surface area contributed by atoms with Crippen molar-refractivity contribution < 1.29 is 14.3 Å². The van der Waals surface area contributed by atoms with Gasteiger partial charge in [-0.3, -0.25) is 19.0 Å². The van der Waals surface area contributed by atoms with Gasteiger partial charge in [-0.1, -0.05) is 12.1 Å². The summed E-state index contributed by atoms with van der Waals surface area (Å²) in [5.74, 6) is -0.721. The van der Waals surface area contributed by atoms with Gasteiger partial charge in [0.1, 0.15) is 4.83 Å². The Morgan fingerprint density at radius 2 is 2.07 bits per heavy atom. The van der Waals surface area contributed by atoms with Gasteiger partial charge in [-0.15, -0.1) is 11.3 Å². The average molecular weight is 396 g/mol. The van der Waals surface area contributed by atoms with E-state index in [2.05, 4.69) is 4.98 Å². The van der Waals surface area contributed by atoms with Crippen LogP contribution in [0.3, 0.4) is 0 Å². The Labute approximate surface area is 165 Å². The fourth-order valence-corrected chi connectivity index (χ4v) is 4.26. The van der Waals surface area contributed by atoms with Crippen LogP contribution in [0.1, 0.15) is 41.3 Å². The van der Waals surface area contributed by atoms with Crippen LogP contribution < -0.4 is 5.56 Å². The molecule has 0 saturated carbocycles.